The van der Waals surface area contributed by atoms with E-state index in [4.69, 9.17) is 23.2 Å². The van der Waals surface area contributed by atoms with Crippen molar-refractivity contribution < 1.29 is 0 Å². The smallest absolute Gasteiger partial charge is 0.184 e. The van der Waals surface area contributed by atoms with Gasteiger partial charge in [-0.1, -0.05) is 53.5 Å². The van der Waals surface area contributed by atoms with Gasteiger partial charge in [-0.05, 0) is 5.56 Å². The van der Waals surface area contributed by atoms with Crippen LogP contribution in [0.3, 0.4) is 0 Å². The third-order valence-corrected chi connectivity index (χ3v) is 3.32. The first kappa shape index (κ1) is 11.2. The average Bonchev–Trinajstić information content (AvgIpc) is 2.23. The standard InChI is InChI=1S/C11H14Cl2N2/c12-11(13)9-14-6-7-15(11)8-10-4-2-1-3-5-10/h1-5,14H,6-9H2. The van der Waals surface area contributed by atoms with E-state index in [0.717, 1.165) is 19.6 Å². The van der Waals surface area contributed by atoms with Gasteiger partial charge in [-0.3, -0.25) is 4.90 Å². The summed E-state index contributed by atoms with van der Waals surface area (Å²) in [5.41, 5.74) is 1.24. The van der Waals surface area contributed by atoms with Crippen LogP contribution in [0.4, 0.5) is 0 Å². The van der Waals surface area contributed by atoms with Crippen LogP contribution in [0.1, 0.15) is 5.56 Å². The highest BCUT2D eigenvalue weighted by atomic mass is 35.5. The molecule has 15 heavy (non-hydrogen) atoms. The molecule has 0 unspecified atom stereocenters. The van der Waals surface area contributed by atoms with Crippen LogP contribution in [0.5, 0.6) is 0 Å². The molecule has 0 bridgehead atoms. The van der Waals surface area contributed by atoms with Crippen molar-refractivity contribution in [2.45, 2.75) is 11.0 Å². The fourth-order valence-electron chi connectivity index (χ4n) is 1.73. The van der Waals surface area contributed by atoms with Crippen LogP contribution < -0.4 is 5.32 Å². The Kier molecular flexibility index (Phi) is 3.52. The molecule has 1 heterocycles. The molecule has 0 aromatic heterocycles. The second-order valence-electron chi connectivity index (χ2n) is 3.75. The van der Waals surface area contributed by atoms with E-state index in [1.807, 2.05) is 18.2 Å². The Morgan fingerprint density at radius 2 is 2.00 bits per heavy atom. The third-order valence-electron chi connectivity index (χ3n) is 2.58. The molecule has 2 rings (SSSR count). The lowest BCUT2D eigenvalue weighted by atomic mass is 10.2. The molecule has 82 valence electrons. The van der Waals surface area contributed by atoms with E-state index >= 15 is 0 Å². The quantitative estimate of drug-likeness (QED) is 0.635. The number of alkyl halides is 2. The Balaban J connectivity index is 2.05. The maximum absolute atomic E-state index is 6.22. The van der Waals surface area contributed by atoms with Crippen LogP contribution in [-0.2, 0) is 6.54 Å². The lowest BCUT2D eigenvalue weighted by molar-refractivity contribution is 0.178. The van der Waals surface area contributed by atoms with Crippen molar-refractivity contribution in [2.24, 2.45) is 0 Å². The molecule has 4 heteroatoms. The zero-order valence-electron chi connectivity index (χ0n) is 8.42. The van der Waals surface area contributed by atoms with Crippen molar-refractivity contribution in [1.82, 2.24) is 10.2 Å². The Labute approximate surface area is 100 Å². The second kappa shape index (κ2) is 4.71. The summed E-state index contributed by atoms with van der Waals surface area (Å²) < 4.78 is -0.784. The predicted molar refractivity (Wildman–Crippen MR) is 64.2 cm³/mol. The average molecular weight is 245 g/mol. The molecule has 1 saturated heterocycles. The molecule has 0 radical (unpaired) electrons. The molecule has 2 nitrogen and oxygen atoms in total. The van der Waals surface area contributed by atoms with Crippen molar-refractivity contribution in [3.63, 3.8) is 0 Å². The minimum atomic E-state index is -0.784. The number of rotatable bonds is 2. The molecule has 0 spiro atoms. The van der Waals surface area contributed by atoms with Gasteiger partial charge in [0.05, 0.1) is 0 Å². The fourth-order valence-corrected chi connectivity index (χ4v) is 2.20. The van der Waals surface area contributed by atoms with Gasteiger partial charge in [0, 0.05) is 26.2 Å². The van der Waals surface area contributed by atoms with Gasteiger partial charge < -0.3 is 5.32 Å². The van der Waals surface area contributed by atoms with E-state index in [1.165, 1.54) is 5.56 Å². The molecule has 1 aliphatic rings. The summed E-state index contributed by atoms with van der Waals surface area (Å²) in [4.78, 5) is 2.09. The number of nitrogens with zero attached hydrogens (tertiary/aromatic N) is 1. The van der Waals surface area contributed by atoms with E-state index < -0.39 is 4.46 Å². The highest BCUT2D eigenvalue weighted by Crippen LogP contribution is 2.28. The van der Waals surface area contributed by atoms with Crippen molar-refractivity contribution in [2.75, 3.05) is 19.6 Å². The van der Waals surface area contributed by atoms with Crippen LogP contribution in [0.15, 0.2) is 30.3 Å². The van der Waals surface area contributed by atoms with E-state index in [2.05, 4.69) is 22.3 Å². The van der Waals surface area contributed by atoms with Gasteiger partial charge in [-0.25, -0.2) is 0 Å². The van der Waals surface area contributed by atoms with E-state index in [-0.39, 0.29) is 0 Å². The topological polar surface area (TPSA) is 15.3 Å². The van der Waals surface area contributed by atoms with Gasteiger partial charge in [0.2, 0.25) is 0 Å². The summed E-state index contributed by atoms with van der Waals surface area (Å²) in [5.74, 6) is 0. The van der Waals surface area contributed by atoms with Crippen LogP contribution in [0.25, 0.3) is 0 Å². The number of piperazine rings is 1. The first-order valence-corrected chi connectivity index (χ1v) is 5.81. The Morgan fingerprint density at radius 1 is 1.27 bits per heavy atom. The number of halogens is 2. The number of benzene rings is 1. The Morgan fingerprint density at radius 3 is 2.67 bits per heavy atom. The summed E-state index contributed by atoms with van der Waals surface area (Å²) >= 11 is 12.4. The Hall–Kier alpha value is -0.280. The largest absolute Gasteiger partial charge is 0.311 e. The molecule has 1 N–H and O–H groups in total. The van der Waals surface area contributed by atoms with Crippen LogP contribution in [0, 0.1) is 0 Å². The first-order chi connectivity index (χ1) is 7.18. The first-order valence-electron chi connectivity index (χ1n) is 5.06. The highest BCUT2D eigenvalue weighted by molar-refractivity contribution is 6.48. The van der Waals surface area contributed by atoms with Crippen molar-refractivity contribution in [3.05, 3.63) is 35.9 Å². The van der Waals surface area contributed by atoms with E-state index in [0.29, 0.717) is 6.54 Å². The number of hydrogen-bond acceptors (Lipinski definition) is 2. The lowest BCUT2D eigenvalue weighted by Crippen LogP contribution is -2.54. The summed E-state index contributed by atoms with van der Waals surface area (Å²) in [6.45, 7) is 3.23. The molecule has 1 aromatic rings. The second-order valence-corrected chi connectivity index (χ2v) is 5.19. The van der Waals surface area contributed by atoms with Crippen LogP contribution >= 0.6 is 23.2 Å². The van der Waals surface area contributed by atoms with Crippen molar-refractivity contribution >= 4 is 23.2 Å². The van der Waals surface area contributed by atoms with Gasteiger partial charge in [0.25, 0.3) is 0 Å². The molecular weight excluding hydrogens is 231 g/mol. The maximum atomic E-state index is 6.22. The molecular formula is C11H14Cl2N2. The third kappa shape index (κ3) is 2.85. The number of hydrogen-bond donors (Lipinski definition) is 1. The van der Waals surface area contributed by atoms with E-state index in [9.17, 15) is 0 Å². The number of nitrogens with one attached hydrogen (secondary N) is 1. The zero-order valence-corrected chi connectivity index (χ0v) is 9.93. The molecule has 0 saturated carbocycles. The molecule has 1 fully saturated rings. The predicted octanol–water partition coefficient (Wildman–Crippen LogP) is 2.22. The van der Waals surface area contributed by atoms with Crippen molar-refractivity contribution in [1.29, 1.82) is 0 Å². The van der Waals surface area contributed by atoms with E-state index in [1.54, 1.807) is 0 Å². The van der Waals surface area contributed by atoms with Gasteiger partial charge >= 0.3 is 0 Å². The van der Waals surface area contributed by atoms with Crippen molar-refractivity contribution in [3.8, 4) is 0 Å². The van der Waals surface area contributed by atoms with Gasteiger partial charge in [0.1, 0.15) is 0 Å². The zero-order chi connectivity index (χ0) is 10.7. The van der Waals surface area contributed by atoms with Gasteiger partial charge in [-0.15, -0.1) is 0 Å². The normalized spacial score (nSPS) is 21.5. The molecule has 0 aliphatic carbocycles. The van der Waals surface area contributed by atoms with Gasteiger partial charge in [0.15, 0.2) is 4.46 Å². The van der Waals surface area contributed by atoms with Gasteiger partial charge in [-0.2, -0.15) is 0 Å². The summed E-state index contributed by atoms with van der Waals surface area (Å²) in [6.07, 6.45) is 0. The maximum Gasteiger partial charge on any atom is 0.184 e. The minimum absolute atomic E-state index is 0.614. The summed E-state index contributed by atoms with van der Waals surface area (Å²) in [6, 6.07) is 10.2. The molecule has 1 aliphatic heterocycles. The minimum Gasteiger partial charge on any atom is -0.311 e. The van der Waals surface area contributed by atoms with Crippen LogP contribution in [-0.4, -0.2) is 29.0 Å². The molecule has 0 atom stereocenters. The highest BCUT2D eigenvalue weighted by Gasteiger charge is 2.34. The summed E-state index contributed by atoms with van der Waals surface area (Å²) in [5, 5.41) is 3.19. The Bertz CT molecular complexity index is 314. The van der Waals surface area contributed by atoms with Crippen LogP contribution in [0.2, 0.25) is 0 Å². The SMILES string of the molecule is ClC1(Cl)CNCCN1Cc1ccccc1. The monoisotopic (exact) mass is 244 g/mol. The fraction of sp³-hybridized carbons (Fsp3) is 0.455. The summed E-state index contributed by atoms with van der Waals surface area (Å²) in [7, 11) is 0. The lowest BCUT2D eigenvalue weighted by Gasteiger charge is -2.38. The molecule has 1 aromatic carbocycles. The molecule has 0 amide bonds.